The van der Waals surface area contributed by atoms with Crippen LogP contribution in [0, 0.1) is 6.92 Å². The number of rotatable bonds is 7. The summed E-state index contributed by atoms with van der Waals surface area (Å²) in [4.78, 5) is 18.9. The SMILES string of the molecule is CCc1nnc(NC(=O)CSc2ccc(-c3sc(-c4cccs4)nc3C)nn2)s1. The maximum Gasteiger partial charge on any atom is 0.236 e. The van der Waals surface area contributed by atoms with Crippen molar-refractivity contribution in [1.82, 2.24) is 25.4 Å². The predicted molar refractivity (Wildman–Crippen MR) is 120 cm³/mol. The van der Waals surface area contributed by atoms with Gasteiger partial charge in [-0.05, 0) is 36.9 Å². The van der Waals surface area contributed by atoms with Gasteiger partial charge in [-0.1, -0.05) is 36.1 Å². The second kappa shape index (κ2) is 9.08. The van der Waals surface area contributed by atoms with Crippen LogP contribution in [0.2, 0.25) is 0 Å². The molecule has 0 spiro atoms. The van der Waals surface area contributed by atoms with E-state index in [4.69, 9.17) is 0 Å². The number of hydrogen-bond donors (Lipinski definition) is 1. The standard InChI is InChI=1S/C18H16N6OS4/c1-3-14-22-24-18(28-14)20-13(25)9-27-15-7-6-11(21-23-15)16-10(2)19-17(29-16)12-5-4-8-26-12/h4-8H,3,9H2,1-2H3,(H,20,24,25). The molecule has 0 aliphatic carbocycles. The number of nitrogens with zero attached hydrogens (tertiary/aromatic N) is 5. The van der Waals surface area contributed by atoms with E-state index >= 15 is 0 Å². The molecule has 1 N–H and O–H groups in total. The lowest BCUT2D eigenvalue weighted by molar-refractivity contribution is -0.113. The second-order valence-electron chi connectivity index (χ2n) is 5.86. The minimum atomic E-state index is -0.140. The Balaban J connectivity index is 1.37. The van der Waals surface area contributed by atoms with E-state index in [0.717, 1.165) is 37.6 Å². The van der Waals surface area contributed by atoms with Gasteiger partial charge in [-0.3, -0.25) is 10.1 Å². The zero-order chi connectivity index (χ0) is 20.2. The predicted octanol–water partition coefficient (Wildman–Crippen LogP) is 4.78. The van der Waals surface area contributed by atoms with Crippen molar-refractivity contribution in [3.63, 3.8) is 0 Å². The molecular weight excluding hydrogens is 445 g/mol. The fourth-order valence-electron chi connectivity index (χ4n) is 2.40. The molecule has 0 unspecified atom stereocenters. The first-order valence-corrected chi connectivity index (χ1v) is 12.2. The van der Waals surface area contributed by atoms with Gasteiger partial charge in [-0.25, -0.2) is 4.98 Å². The summed E-state index contributed by atoms with van der Waals surface area (Å²) in [5.74, 6) is 0.0931. The van der Waals surface area contributed by atoms with Crippen molar-refractivity contribution in [3.05, 3.63) is 40.3 Å². The first kappa shape index (κ1) is 20.1. The molecule has 0 bridgehead atoms. The number of carbonyl (C=O) groups excluding carboxylic acids is 1. The lowest BCUT2D eigenvalue weighted by atomic mass is 10.3. The van der Waals surface area contributed by atoms with E-state index < -0.39 is 0 Å². The van der Waals surface area contributed by atoms with E-state index in [2.05, 4.69) is 36.8 Å². The van der Waals surface area contributed by atoms with Gasteiger partial charge in [0, 0.05) is 0 Å². The number of thiazole rings is 1. The molecule has 0 aromatic carbocycles. The summed E-state index contributed by atoms with van der Waals surface area (Å²) >= 11 is 6.01. The minimum absolute atomic E-state index is 0.140. The van der Waals surface area contributed by atoms with Gasteiger partial charge in [0.05, 0.1) is 21.2 Å². The van der Waals surface area contributed by atoms with Crippen molar-refractivity contribution in [3.8, 4) is 20.5 Å². The second-order valence-corrected chi connectivity index (χ2v) is 9.86. The molecule has 0 saturated carbocycles. The highest BCUT2D eigenvalue weighted by atomic mass is 32.2. The molecule has 0 radical (unpaired) electrons. The largest absolute Gasteiger partial charge is 0.300 e. The zero-order valence-corrected chi connectivity index (χ0v) is 18.8. The minimum Gasteiger partial charge on any atom is -0.300 e. The maximum absolute atomic E-state index is 12.1. The lowest BCUT2D eigenvalue weighted by Crippen LogP contribution is -2.14. The van der Waals surface area contributed by atoms with Gasteiger partial charge in [0.1, 0.15) is 20.7 Å². The van der Waals surface area contributed by atoms with Crippen LogP contribution in [-0.2, 0) is 11.2 Å². The van der Waals surface area contributed by atoms with E-state index in [-0.39, 0.29) is 11.7 Å². The molecule has 4 heterocycles. The number of amides is 1. The van der Waals surface area contributed by atoms with Crippen molar-refractivity contribution < 1.29 is 4.79 Å². The number of nitrogens with one attached hydrogen (secondary N) is 1. The molecular formula is C18H16N6OS4. The molecule has 148 valence electrons. The Kier molecular flexibility index (Phi) is 6.28. The van der Waals surface area contributed by atoms with Crippen LogP contribution in [0.4, 0.5) is 5.13 Å². The normalized spacial score (nSPS) is 11.0. The van der Waals surface area contributed by atoms with Crippen LogP contribution in [0.1, 0.15) is 17.6 Å². The van der Waals surface area contributed by atoms with Gasteiger partial charge in [0.2, 0.25) is 11.0 Å². The van der Waals surface area contributed by atoms with Gasteiger partial charge < -0.3 is 0 Å². The summed E-state index contributed by atoms with van der Waals surface area (Å²) in [6.45, 7) is 3.98. The topological polar surface area (TPSA) is 93.6 Å². The summed E-state index contributed by atoms with van der Waals surface area (Å²) in [5, 5.41) is 24.4. The van der Waals surface area contributed by atoms with Crippen molar-refractivity contribution >= 4 is 56.8 Å². The van der Waals surface area contributed by atoms with E-state index in [0.29, 0.717) is 10.2 Å². The summed E-state index contributed by atoms with van der Waals surface area (Å²) in [6.07, 6.45) is 0.804. The van der Waals surface area contributed by atoms with Gasteiger partial charge in [-0.15, -0.1) is 43.1 Å². The van der Waals surface area contributed by atoms with E-state index in [1.807, 2.05) is 37.4 Å². The van der Waals surface area contributed by atoms with E-state index in [1.54, 1.807) is 22.7 Å². The highest BCUT2D eigenvalue weighted by molar-refractivity contribution is 7.99. The number of hydrogen-bond acceptors (Lipinski definition) is 10. The summed E-state index contributed by atoms with van der Waals surface area (Å²) in [6, 6.07) is 7.88. The van der Waals surface area contributed by atoms with Crippen LogP contribution in [0.25, 0.3) is 20.5 Å². The summed E-state index contributed by atoms with van der Waals surface area (Å²) in [7, 11) is 0. The lowest BCUT2D eigenvalue weighted by Gasteiger charge is -2.02. The molecule has 0 aliphatic heterocycles. The number of anilines is 1. The smallest absolute Gasteiger partial charge is 0.236 e. The van der Waals surface area contributed by atoms with Crippen LogP contribution in [0.3, 0.4) is 0 Å². The quantitative estimate of drug-likeness (QED) is 0.397. The summed E-state index contributed by atoms with van der Waals surface area (Å²) < 4.78 is 0. The molecule has 0 aliphatic rings. The first-order valence-electron chi connectivity index (χ1n) is 8.73. The molecule has 4 aromatic heterocycles. The number of thioether (sulfide) groups is 1. The Bertz CT molecular complexity index is 1100. The number of thiophene rings is 1. The highest BCUT2D eigenvalue weighted by Gasteiger charge is 2.14. The molecule has 11 heteroatoms. The van der Waals surface area contributed by atoms with Crippen LogP contribution in [-0.4, -0.2) is 37.0 Å². The highest BCUT2D eigenvalue weighted by Crippen LogP contribution is 2.36. The molecule has 1 amide bonds. The van der Waals surface area contributed by atoms with Crippen molar-refractivity contribution in [2.24, 2.45) is 0 Å². The fourth-order valence-corrected chi connectivity index (χ4v) is 5.54. The molecule has 4 aromatic rings. The van der Waals surface area contributed by atoms with Gasteiger partial charge in [-0.2, -0.15) is 0 Å². The third-order valence-electron chi connectivity index (χ3n) is 3.77. The average molecular weight is 461 g/mol. The Morgan fingerprint density at radius 1 is 1.14 bits per heavy atom. The Labute approximate surface area is 183 Å². The third-order valence-corrected chi connectivity index (χ3v) is 7.89. The molecule has 29 heavy (non-hydrogen) atoms. The van der Waals surface area contributed by atoms with Crippen LogP contribution in [0.5, 0.6) is 0 Å². The van der Waals surface area contributed by atoms with Gasteiger partial charge >= 0.3 is 0 Å². The van der Waals surface area contributed by atoms with E-state index in [9.17, 15) is 4.79 Å². The summed E-state index contributed by atoms with van der Waals surface area (Å²) in [5.41, 5.74) is 1.73. The van der Waals surface area contributed by atoms with Crippen LogP contribution < -0.4 is 5.32 Å². The Morgan fingerprint density at radius 3 is 2.72 bits per heavy atom. The van der Waals surface area contributed by atoms with E-state index in [1.165, 1.54) is 23.1 Å². The number of aromatic nitrogens is 5. The van der Waals surface area contributed by atoms with Crippen LogP contribution >= 0.6 is 45.8 Å². The number of carbonyl (C=O) groups is 1. The Hall–Kier alpha value is -2.21. The van der Waals surface area contributed by atoms with Crippen molar-refractivity contribution in [2.75, 3.05) is 11.1 Å². The number of aryl methyl sites for hydroxylation is 2. The van der Waals surface area contributed by atoms with Gasteiger partial charge in [0.15, 0.2) is 0 Å². The monoisotopic (exact) mass is 460 g/mol. The third kappa shape index (κ3) is 4.86. The van der Waals surface area contributed by atoms with Crippen molar-refractivity contribution in [1.29, 1.82) is 0 Å². The van der Waals surface area contributed by atoms with Crippen LogP contribution in [0.15, 0.2) is 34.7 Å². The molecule has 4 rings (SSSR count). The maximum atomic E-state index is 12.1. The fraction of sp³-hybridized carbons (Fsp3) is 0.222. The average Bonchev–Trinajstić information content (AvgIpc) is 3.47. The van der Waals surface area contributed by atoms with Gasteiger partial charge in [0.25, 0.3) is 0 Å². The first-order chi connectivity index (χ1) is 14.1. The Morgan fingerprint density at radius 2 is 2.03 bits per heavy atom. The molecule has 7 nitrogen and oxygen atoms in total. The molecule has 0 fully saturated rings. The van der Waals surface area contributed by atoms with Crippen molar-refractivity contribution in [2.45, 2.75) is 25.3 Å². The molecule has 0 atom stereocenters. The zero-order valence-electron chi connectivity index (χ0n) is 15.6. The molecule has 0 saturated heterocycles.